The fraction of sp³-hybridized carbons (Fsp3) is 0.667. The Balaban J connectivity index is 1.84. The van der Waals surface area contributed by atoms with E-state index in [0.717, 1.165) is 6.42 Å². The van der Waals surface area contributed by atoms with E-state index in [1.807, 2.05) is 0 Å². The smallest absolute Gasteiger partial charge is 0.261 e. The highest BCUT2D eigenvalue weighted by atomic mass is 35.5. The zero-order chi connectivity index (χ0) is 15.2. The number of hydrogen-bond donors (Lipinski definition) is 1. The summed E-state index contributed by atoms with van der Waals surface area (Å²) < 4.78 is 28.2. The van der Waals surface area contributed by atoms with E-state index in [-0.39, 0.29) is 27.9 Å². The summed E-state index contributed by atoms with van der Waals surface area (Å²) >= 11 is 5.96. The Bertz CT molecular complexity index is 653. The minimum atomic E-state index is -3.65. The Morgan fingerprint density at radius 2 is 2.19 bits per heavy atom. The Hall–Kier alpha value is -1.12. The lowest BCUT2D eigenvalue weighted by Crippen LogP contribution is -2.55. The van der Waals surface area contributed by atoms with Crippen molar-refractivity contribution in [1.82, 2.24) is 19.4 Å². The quantitative estimate of drug-likeness (QED) is 0.847. The summed E-state index contributed by atoms with van der Waals surface area (Å²) in [5.74, 6) is 0.223. The number of aryl methyl sites for hydroxylation is 1. The molecular formula is C12H17ClN4O3S. The number of fused-ring (bicyclic) bond motifs is 1. The van der Waals surface area contributed by atoms with Gasteiger partial charge in [-0.15, -0.1) is 0 Å². The fourth-order valence-corrected chi connectivity index (χ4v) is 5.22. The summed E-state index contributed by atoms with van der Waals surface area (Å²) in [5.41, 5.74) is 0. The topological polar surface area (TPSA) is 84.3 Å². The highest BCUT2D eigenvalue weighted by molar-refractivity contribution is 7.89. The van der Waals surface area contributed by atoms with Crippen LogP contribution in [-0.2, 0) is 21.9 Å². The maximum absolute atomic E-state index is 12.7. The van der Waals surface area contributed by atoms with Crippen molar-refractivity contribution in [2.75, 3.05) is 13.1 Å². The van der Waals surface area contributed by atoms with Gasteiger partial charge < -0.3 is 5.32 Å². The molecule has 0 spiro atoms. The third-order valence-electron chi connectivity index (χ3n) is 4.21. The van der Waals surface area contributed by atoms with Crippen LogP contribution in [0, 0.1) is 5.92 Å². The second kappa shape index (κ2) is 5.26. The SMILES string of the molecule is Cn1ncc(Cl)c1S(=O)(=O)N1CCC2NC(=O)CCC2C1. The van der Waals surface area contributed by atoms with E-state index in [4.69, 9.17) is 11.6 Å². The first-order valence-corrected chi connectivity index (χ1v) is 8.68. The average Bonchev–Trinajstić information content (AvgIpc) is 2.78. The molecule has 2 saturated heterocycles. The van der Waals surface area contributed by atoms with Crippen LogP contribution in [-0.4, -0.2) is 47.5 Å². The maximum atomic E-state index is 12.7. The second-order valence-electron chi connectivity index (χ2n) is 5.55. The number of nitrogens with one attached hydrogen (secondary N) is 1. The first kappa shape index (κ1) is 14.8. The third kappa shape index (κ3) is 2.56. The number of nitrogens with zero attached hydrogens (tertiary/aromatic N) is 3. The molecule has 0 radical (unpaired) electrons. The number of halogens is 1. The average molecular weight is 333 g/mol. The van der Waals surface area contributed by atoms with Gasteiger partial charge >= 0.3 is 0 Å². The van der Waals surface area contributed by atoms with Gasteiger partial charge in [0.1, 0.15) is 0 Å². The molecule has 1 aromatic heterocycles. The predicted molar refractivity (Wildman–Crippen MR) is 76.2 cm³/mol. The summed E-state index contributed by atoms with van der Waals surface area (Å²) in [4.78, 5) is 11.4. The fourth-order valence-electron chi connectivity index (χ4n) is 3.11. The number of aromatic nitrogens is 2. The summed E-state index contributed by atoms with van der Waals surface area (Å²) in [6.07, 6.45) is 3.15. The van der Waals surface area contributed by atoms with Crippen LogP contribution < -0.4 is 5.32 Å². The lowest BCUT2D eigenvalue weighted by atomic mass is 9.86. The molecule has 9 heteroatoms. The standard InChI is InChI=1S/C12H17ClN4O3S/c1-16-12(9(13)6-14-16)21(19,20)17-5-4-10-8(7-17)2-3-11(18)15-10/h6,8,10H,2-5,7H2,1H3,(H,15,18). The zero-order valence-electron chi connectivity index (χ0n) is 11.6. The molecule has 0 saturated carbocycles. The molecular weight excluding hydrogens is 316 g/mol. The van der Waals surface area contributed by atoms with Crippen LogP contribution in [0.5, 0.6) is 0 Å². The Labute approximate surface area is 128 Å². The van der Waals surface area contributed by atoms with Crippen LogP contribution in [0.25, 0.3) is 0 Å². The highest BCUT2D eigenvalue weighted by Crippen LogP contribution is 2.30. The molecule has 3 heterocycles. The maximum Gasteiger partial charge on any atom is 0.261 e. The van der Waals surface area contributed by atoms with E-state index in [2.05, 4.69) is 10.4 Å². The molecule has 1 amide bonds. The van der Waals surface area contributed by atoms with Crippen LogP contribution in [0.3, 0.4) is 0 Å². The van der Waals surface area contributed by atoms with Gasteiger partial charge in [0.15, 0.2) is 5.03 Å². The Morgan fingerprint density at radius 1 is 1.43 bits per heavy atom. The van der Waals surface area contributed by atoms with Crippen molar-refractivity contribution < 1.29 is 13.2 Å². The number of piperidine rings is 2. The molecule has 0 bridgehead atoms. The van der Waals surface area contributed by atoms with Gasteiger partial charge in [0.25, 0.3) is 10.0 Å². The molecule has 2 aliphatic heterocycles. The summed E-state index contributed by atoms with van der Waals surface area (Å²) in [6.45, 7) is 0.792. The van der Waals surface area contributed by atoms with Crippen LogP contribution >= 0.6 is 11.6 Å². The number of carbonyl (C=O) groups excluding carboxylic acids is 1. The third-order valence-corrected chi connectivity index (χ3v) is 6.58. The molecule has 2 fully saturated rings. The van der Waals surface area contributed by atoms with Crippen LogP contribution in [0.2, 0.25) is 5.02 Å². The first-order valence-electron chi connectivity index (χ1n) is 6.86. The molecule has 0 aliphatic carbocycles. The number of rotatable bonds is 2. The van der Waals surface area contributed by atoms with Crippen molar-refractivity contribution >= 4 is 27.5 Å². The lowest BCUT2D eigenvalue weighted by Gasteiger charge is -2.40. The minimum Gasteiger partial charge on any atom is -0.353 e. The van der Waals surface area contributed by atoms with E-state index >= 15 is 0 Å². The van der Waals surface area contributed by atoms with Gasteiger partial charge in [-0.05, 0) is 18.8 Å². The van der Waals surface area contributed by atoms with Gasteiger partial charge in [0.2, 0.25) is 5.91 Å². The molecule has 2 aliphatic rings. The predicted octanol–water partition coefficient (Wildman–Crippen LogP) is 0.363. The highest BCUT2D eigenvalue weighted by Gasteiger charge is 2.39. The molecule has 3 rings (SSSR count). The zero-order valence-corrected chi connectivity index (χ0v) is 13.2. The van der Waals surface area contributed by atoms with E-state index in [1.165, 1.54) is 15.2 Å². The molecule has 2 atom stereocenters. The van der Waals surface area contributed by atoms with Crippen LogP contribution in [0.4, 0.5) is 0 Å². The number of hydrogen-bond acceptors (Lipinski definition) is 4. The van der Waals surface area contributed by atoms with Crippen molar-refractivity contribution in [1.29, 1.82) is 0 Å². The number of carbonyl (C=O) groups is 1. The van der Waals surface area contributed by atoms with Crippen molar-refractivity contribution in [3.8, 4) is 0 Å². The van der Waals surface area contributed by atoms with Crippen molar-refractivity contribution in [3.05, 3.63) is 11.2 Å². The normalized spacial score (nSPS) is 27.2. The molecule has 116 valence electrons. The van der Waals surface area contributed by atoms with Crippen molar-refractivity contribution in [2.45, 2.75) is 30.3 Å². The Morgan fingerprint density at radius 3 is 2.86 bits per heavy atom. The molecule has 1 N–H and O–H groups in total. The largest absolute Gasteiger partial charge is 0.353 e. The van der Waals surface area contributed by atoms with E-state index < -0.39 is 10.0 Å². The first-order chi connectivity index (χ1) is 9.89. The summed E-state index contributed by atoms with van der Waals surface area (Å²) in [5, 5.41) is 7.00. The van der Waals surface area contributed by atoms with Gasteiger partial charge in [-0.3, -0.25) is 9.48 Å². The molecule has 0 aromatic carbocycles. The molecule has 1 aromatic rings. The lowest BCUT2D eigenvalue weighted by molar-refractivity contribution is -0.124. The summed E-state index contributed by atoms with van der Waals surface area (Å²) in [7, 11) is -2.09. The Kier molecular flexibility index (Phi) is 3.71. The van der Waals surface area contributed by atoms with E-state index in [1.54, 1.807) is 7.05 Å². The van der Waals surface area contributed by atoms with Crippen LogP contribution in [0.15, 0.2) is 11.2 Å². The van der Waals surface area contributed by atoms with Gasteiger partial charge in [0.05, 0.1) is 11.2 Å². The monoisotopic (exact) mass is 332 g/mol. The molecule has 2 unspecified atom stereocenters. The minimum absolute atomic E-state index is 0.0301. The molecule has 21 heavy (non-hydrogen) atoms. The van der Waals surface area contributed by atoms with E-state index in [0.29, 0.717) is 25.9 Å². The second-order valence-corrected chi connectivity index (χ2v) is 7.81. The van der Waals surface area contributed by atoms with Crippen LogP contribution in [0.1, 0.15) is 19.3 Å². The van der Waals surface area contributed by atoms with Crippen molar-refractivity contribution in [3.63, 3.8) is 0 Å². The number of amides is 1. The van der Waals surface area contributed by atoms with Gasteiger partial charge in [-0.1, -0.05) is 11.6 Å². The van der Waals surface area contributed by atoms with Crippen molar-refractivity contribution in [2.24, 2.45) is 13.0 Å². The summed E-state index contributed by atoms with van der Waals surface area (Å²) in [6, 6.07) is 0.0831. The van der Waals surface area contributed by atoms with Gasteiger partial charge in [-0.25, -0.2) is 8.42 Å². The number of sulfonamides is 1. The van der Waals surface area contributed by atoms with Gasteiger partial charge in [0, 0.05) is 32.6 Å². The molecule has 7 nitrogen and oxygen atoms in total. The van der Waals surface area contributed by atoms with E-state index in [9.17, 15) is 13.2 Å². The van der Waals surface area contributed by atoms with Gasteiger partial charge in [-0.2, -0.15) is 9.40 Å².